The first-order valence-corrected chi connectivity index (χ1v) is 8.99. The zero-order valence-corrected chi connectivity index (χ0v) is 14.6. The van der Waals surface area contributed by atoms with E-state index >= 15 is 0 Å². The molecule has 8 heteroatoms. The SMILES string of the molecule is O=C(COC(=O)c1cc2c(s1)CCCCC2)Nc1ccc(F)c(F)c1F. The van der Waals surface area contributed by atoms with Gasteiger partial charge in [0.2, 0.25) is 0 Å². The summed E-state index contributed by atoms with van der Waals surface area (Å²) >= 11 is 1.36. The van der Waals surface area contributed by atoms with E-state index in [1.807, 2.05) is 5.32 Å². The minimum atomic E-state index is -1.68. The summed E-state index contributed by atoms with van der Waals surface area (Å²) < 4.78 is 44.4. The maximum Gasteiger partial charge on any atom is 0.348 e. The van der Waals surface area contributed by atoms with Gasteiger partial charge in [0, 0.05) is 4.88 Å². The summed E-state index contributed by atoms with van der Waals surface area (Å²) in [7, 11) is 0. The minimum Gasteiger partial charge on any atom is -0.451 e. The Morgan fingerprint density at radius 2 is 1.85 bits per heavy atom. The second-order valence-corrected chi connectivity index (χ2v) is 7.10. The van der Waals surface area contributed by atoms with Crippen molar-refractivity contribution in [2.75, 3.05) is 11.9 Å². The van der Waals surface area contributed by atoms with E-state index in [0.717, 1.165) is 37.3 Å². The van der Waals surface area contributed by atoms with E-state index in [4.69, 9.17) is 4.74 Å². The second-order valence-electron chi connectivity index (χ2n) is 5.97. The molecule has 0 unspecified atom stereocenters. The van der Waals surface area contributed by atoms with Crippen molar-refractivity contribution in [2.24, 2.45) is 0 Å². The van der Waals surface area contributed by atoms with Gasteiger partial charge in [-0.25, -0.2) is 18.0 Å². The standard InChI is InChI=1S/C18H16F3NO3S/c19-11-6-7-12(17(21)16(11)20)22-15(23)9-25-18(24)14-8-10-4-2-1-3-5-13(10)26-14/h6-8H,1-5,9H2,(H,22,23). The van der Waals surface area contributed by atoms with Gasteiger partial charge in [-0.2, -0.15) is 0 Å². The molecule has 138 valence electrons. The Bertz CT molecular complexity index is 827. The number of aryl methyl sites for hydroxylation is 2. The van der Waals surface area contributed by atoms with Crippen LogP contribution in [-0.4, -0.2) is 18.5 Å². The predicted octanol–water partition coefficient (Wildman–Crippen LogP) is 4.23. The number of halogens is 3. The Hall–Kier alpha value is -2.35. The highest BCUT2D eigenvalue weighted by molar-refractivity contribution is 7.14. The lowest BCUT2D eigenvalue weighted by Crippen LogP contribution is -2.21. The lowest BCUT2D eigenvalue weighted by Gasteiger charge is -2.07. The summed E-state index contributed by atoms with van der Waals surface area (Å²) in [6.07, 6.45) is 5.20. The summed E-state index contributed by atoms with van der Waals surface area (Å²) in [5, 5.41) is 2.05. The zero-order chi connectivity index (χ0) is 18.7. The van der Waals surface area contributed by atoms with Crippen molar-refractivity contribution in [3.8, 4) is 0 Å². The molecule has 1 aliphatic carbocycles. The molecule has 0 bridgehead atoms. The number of anilines is 1. The molecular formula is C18H16F3NO3S. The van der Waals surface area contributed by atoms with Crippen LogP contribution in [0.5, 0.6) is 0 Å². The fourth-order valence-electron chi connectivity index (χ4n) is 2.78. The molecule has 3 rings (SSSR count). The molecule has 4 nitrogen and oxygen atoms in total. The Labute approximate surface area is 152 Å². The summed E-state index contributed by atoms with van der Waals surface area (Å²) in [6, 6.07) is 3.38. The van der Waals surface area contributed by atoms with Crippen LogP contribution in [0, 0.1) is 17.5 Å². The van der Waals surface area contributed by atoms with Gasteiger partial charge in [-0.1, -0.05) is 6.42 Å². The lowest BCUT2D eigenvalue weighted by atomic mass is 10.1. The average molecular weight is 383 g/mol. The van der Waals surface area contributed by atoms with Crippen molar-refractivity contribution in [3.63, 3.8) is 0 Å². The molecule has 0 aliphatic heterocycles. The van der Waals surface area contributed by atoms with Crippen LogP contribution in [0.25, 0.3) is 0 Å². The normalized spacial score (nSPS) is 13.7. The number of amides is 1. The zero-order valence-electron chi connectivity index (χ0n) is 13.7. The van der Waals surface area contributed by atoms with Crippen molar-refractivity contribution in [1.82, 2.24) is 0 Å². The van der Waals surface area contributed by atoms with Crippen LogP contribution in [-0.2, 0) is 22.4 Å². The number of hydrogen-bond donors (Lipinski definition) is 1. The van der Waals surface area contributed by atoms with Gasteiger partial charge < -0.3 is 10.1 Å². The largest absolute Gasteiger partial charge is 0.451 e. The molecule has 26 heavy (non-hydrogen) atoms. The van der Waals surface area contributed by atoms with Crippen LogP contribution in [0.3, 0.4) is 0 Å². The number of benzene rings is 1. The monoisotopic (exact) mass is 383 g/mol. The maximum atomic E-state index is 13.5. The van der Waals surface area contributed by atoms with Crippen molar-refractivity contribution in [3.05, 3.63) is 51.0 Å². The molecule has 0 saturated heterocycles. The molecule has 1 aromatic carbocycles. The summed E-state index contributed by atoms with van der Waals surface area (Å²) in [5.41, 5.74) is 0.626. The second kappa shape index (κ2) is 7.90. The third kappa shape index (κ3) is 4.07. The Balaban J connectivity index is 1.58. The number of carbonyl (C=O) groups is 2. The van der Waals surface area contributed by atoms with Gasteiger partial charge in [-0.05, 0) is 49.4 Å². The van der Waals surface area contributed by atoms with Crippen LogP contribution in [0.4, 0.5) is 18.9 Å². The smallest absolute Gasteiger partial charge is 0.348 e. The highest BCUT2D eigenvalue weighted by Crippen LogP contribution is 2.29. The number of thiophene rings is 1. The molecule has 0 spiro atoms. The number of esters is 1. The first-order chi connectivity index (χ1) is 12.5. The maximum absolute atomic E-state index is 13.5. The van der Waals surface area contributed by atoms with Gasteiger partial charge in [0.1, 0.15) is 4.88 Å². The van der Waals surface area contributed by atoms with E-state index < -0.39 is 41.6 Å². The molecule has 0 atom stereocenters. The van der Waals surface area contributed by atoms with Gasteiger partial charge in [0.05, 0.1) is 5.69 Å². The average Bonchev–Trinajstić information content (AvgIpc) is 2.91. The van der Waals surface area contributed by atoms with Crippen LogP contribution >= 0.6 is 11.3 Å². The molecule has 0 radical (unpaired) electrons. The lowest BCUT2D eigenvalue weighted by molar-refractivity contribution is -0.119. The first kappa shape index (κ1) is 18.4. The number of ether oxygens (including phenoxy) is 1. The highest BCUT2D eigenvalue weighted by Gasteiger charge is 2.19. The first-order valence-electron chi connectivity index (χ1n) is 8.17. The number of hydrogen-bond acceptors (Lipinski definition) is 4. The molecule has 1 aliphatic rings. The van der Waals surface area contributed by atoms with Gasteiger partial charge in [-0.15, -0.1) is 11.3 Å². The Morgan fingerprint density at radius 3 is 2.65 bits per heavy atom. The van der Waals surface area contributed by atoms with Gasteiger partial charge in [0.15, 0.2) is 24.1 Å². The number of rotatable bonds is 4. The van der Waals surface area contributed by atoms with Crippen LogP contribution in [0.1, 0.15) is 39.4 Å². The van der Waals surface area contributed by atoms with Crippen LogP contribution in [0.15, 0.2) is 18.2 Å². The van der Waals surface area contributed by atoms with Gasteiger partial charge >= 0.3 is 5.97 Å². The highest BCUT2D eigenvalue weighted by atomic mass is 32.1. The third-order valence-electron chi connectivity index (χ3n) is 4.09. The molecule has 1 aromatic heterocycles. The van der Waals surface area contributed by atoms with E-state index in [2.05, 4.69) is 0 Å². The van der Waals surface area contributed by atoms with Crippen molar-refractivity contribution >= 4 is 28.9 Å². The fraction of sp³-hybridized carbons (Fsp3) is 0.333. The number of nitrogens with one attached hydrogen (secondary N) is 1. The van der Waals surface area contributed by atoms with Crippen LogP contribution in [0.2, 0.25) is 0 Å². The van der Waals surface area contributed by atoms with Gasteiger partial charge in [-0.3, -0.25) is 4.79 Å². The summed E-state index contributed by atoms with van der Waals surface area (Å²) in [4.78, 5) is 25.5. The molecule has 2 aromatic rings. The molecule has 1 heterocycles. The number of fused-ring (bicyclic) bond motifs is 1. The molecule has 0 saturated carbocycles. The van der Waals surface area contributed by atoms with Crippen molar-refractivity contribution in [2.45, 2.75) is 32.1 Å². The third-order valence-corrected chi connectivity index (χ3v) is 5.31. The van der Waals surface area contributed by atoms with E-state index in [1.165, 1.54) is 22.6 Å². The fourth-order valence-corrected chi connectivity index (χ4v) is 3.93. The molecule has 1 N–H and O–H groups in total. The minimum absolute atomic E-state index is 0.420. The molecular weight excluding hydrogens is 367 g/mol. The van der Waals surface area contributed by atoms with Gasteiger partial charge in [0.25, 0.3) is 5.91 Å². The van der Waals surface area contributed by atoms with E-state index in [-0.39, 0.29) is 0 Å². The number of carbonyl (C=O) groups excluding carboxylic acids is 2. The predicted molar refractivity (Wildman–Crippen MR) is 90.8 cm³/mol. The van der Waals surface area contributed by atoms with Crippen LogP contribution < -0.4 is 5.32 Å². The summed E-state index contributed by atoms with van der Waals surface area (Å²) in [5.74, 6) is -6.03. The topological polar surface area (TPSA) is 55.4 Å². The van der Waals surface area contributed by atoms with E-state index in [9.17, 15) is 22.8 Å². The quantitative estimate of drug-likeness (QED) is 0.488. The summed E-state index contributed by atoms with van der Waals surface area (Å²) in [6.45, 7) is -0.653. The van der Waals surface area contributed by atoms with E-state index in [1.54, 1.807) is 6.07 Å². The molecule has 0 fully saturated rings. The Morgan fingerprint density at radius 1 is 1.08 bits per heavy atom. The van der Waals surface area contributed by atoms with E-state index in [0.29, 0.717) is 10.9 Å². The Kier molecular flexibility index (Phi) is 5.61. The van der Waals surface area contributed by atoms with Crippen molar-refractivity contribution < 1.29 is 27.5 Å². The molecule has 1 amide bonds. The van der Waals surface area contributed by atoms with Crippen molar-refractivity contribution in [1.29, 1.82) is 0 Å².